The van der Waals surface area contributed by atoms with Crippen molar-refractivity contribution in [2.24, 2.45) is 0 Å². The van der Waals surface area contributed by atoms with E-state index in [0.717, 1.165) is 24.4 Å². The summed E-state index contributed by atoms with van der Waals surface area (Å²) in [5, 5.41) is 2.71. The topological polar surface area (TPSA) is 56.1 Å². The third kappa shape index (κ3) is 4.46. The van der Waals surface area contributed by atoms with E-state index in [1.165, 1.54) is 6.92 Å². The number of aryl methyl sites for hydroxylation is 1. The van der Waals surface area contributed by atoms with Crippen LogP contribution in [0.1, 0.15) is 13.3 Å². The van der Waals surface area contributed by atoms with Crippen LogP contribution < -0.4 is 10.1 Å². The predicted molar refractivity (Wildman–Crippen MR) is 73.1 cm³/mol. The number of amides is 1. The van der Waals surface area contributed by atoms with Crippen molar-refractivity contribution in [1.82, 2.24) is 9.55 Å². The molecule has 100 valence electrons. The molecule has 0 atom stereocenters. The zero-order valence-corrected chi connectivity index (χ0v) is 10.9. The first-order valence-corrected chi connectivity index (χ1v) is 6.20. The Labute approximate surface area is 112 Å². The summed E-state index contributed by atoms with van der Waals surface area (Å²) in [7, 11) is 0. The summed E-state index contributed by atoms with van der Waals surface area (Å²) >= 11 is 0. The number of carbonyl (C=O) groups excluding carboxylic acids is 1. The predicted octanol–water partition coefficient (Wildman–Crippen LogP) is 2.31. The van der Waals surface area contributed by atoms with Crippen LogP contribution in [0.15, 0.2) is 43.0 Å². The molecule has 0 radical (unpaired) electrons. The van der Waals surface area contributed by atoms with Gasteiger partial charge in [0, 0.05) is 31.5 Å². The molecular formula is C14H17N3O2. The number of nitrogens with one attached hydrogen (secondary N) is 1. The summed E-state index contributed by atoms with van der Waals surface area (Å²) < 4.78 is 7.63. The SMILES string of the molecule is CC(=O)Nc1ccc(OCCCn2ccnc2)cc1. The van der Waals surface area contributed by atoms with Gasteiger partial charge < -0.3 is 14.6 Å². The Hall–Kier alpha value is -2.30. The molecule has 0 fully saturated rings. The highest BCUT2D eigenvalue weighted by molar-refractivity contribution is 5.88. The van der Waals surface area contributed by atoms with Crippen LogP contribution in [0.4, 0.5) is 5.69 Å². The van der Waals surface area contributed by atoms with E-state index >= 15 is 0 Å². The average molecular weight is 259 g/mol. The van der Waals surface area contributed by atoms with Crippen LogP contribution in [0.3, 0.4) is 0 Å². The number of benzene rings is 1. The quantitative estimate of drug-likeness (QED) is 0.810. The molecule has 1 heterocycles. The maximum atomic E-state index is 10.9. The molecule has 0 saturated heterocycles. The van der Waals surface area contributed by atoms with Crippen LogP contribution in [0.5, 0.6) is 5.75 Å². The maximum absolute atomic E-state index is 10.9. The third-order valence-corrected chi connectivity index (χ3v) is 2.56. The van der Waals surface area contributed by atoms with E-state index in [0.29, 0.717) is 6.61 Å². The van der Waals surface area contributed by atoms with Gasteiger partial charge in [-0.3, -0.25) is 4.79 Å². The van der Waals surface area contributed by atoms with Gasteiger partial charge in [-0.25, -0.2) is 4.98 Å². The molecular weight excluding hydrogens is 242 g/mol. The number of ether oxygens (including phenoxy) is 1. The zero-order valence-electron chi connectivity index (χ0n) is 10.9. The minimum Gasteiger partial charge on any atom is -0.494 e. The Balaban J connectivity index is 1.72. The molecule has 1 aromatic heterocycles. The summed E-state index contributed by atoms with van der Waals surface area (Å²) in [5.41, 5.74) is 0.776. The first kappa shape index (κ1) is 13.1. The third-order valence-electron chi connectivity index (χ3n) is 2.56. The van der Waals surface area contributed by atoms with Crippen molar-refractivity contribution >= 4 is 11.6 Å². The lowest BCUT2D eigenvalue weighted by molar-refractivity contribution is -0.114. The molecule has 0 unspecified atom stereocenters. The maximum Gasteiger partial charge on any atom is 0.221 e. The molecule has 19 heavy (non-hydrogen) atoms. The molecule has 0 saturated carbocycles. The normalized spacial score (nSPS) is 10.2. The van der Waals surface area contributed by atoms with Gasteiger partial charge in [-0.2, -0.15) is 0 Å². The fourth-order valence-corrected chi connectivity index (χ4v) is 1.69. The number of carbonyl (C=O) groups is 1. The Bertz CT molecular complexity index is 506. The fraction of sp³-hybridized carbons (Fsp3) is 0.286. The molecule has 2 aromatic rings. The molecule has 0 aliphatic rings. The van der Waals surface area contributed by atoms with Crippen LogP contribution in [-0.2, 0) is 11.3 Å². The van der Waals surface area contributed by atoms with Gasteiger partial charge in [0.15, 0.2) is 0 Å². The number of hydrogen-bond acceptors (Lipinski definition) is 3. The Kier molecular flexibility index (Phi) is 4.55. The zero-order chi connectivity index (χ0) is 13.5. The minimum absolute atomic E-state index is 0.0750. The first-order chi connectivity index (χ1) is 9.24. The number of imidazole rings is 1. The summed E-state index contributed by atoms with van der Waals surface area (Å²) in [4.78, 5) is 14.9. The van der Waals surface area contributed by atoms with Gasteiger partial charge in [-0.15, -0.1) is 0 Å². The van der Waals surface area contributed by atoms with Gasteiger partial charge in [0.05, 0.1) is 12.9 Å². The minimum atomic E-state index is -0.0750. The van der Waals surface area contributed by atoms with Gasteiger partial charge in [-0.1, -0.05) is 0 Å². The molecule has 1 aromatic carbocycles. The number of nitrogens with zero attached hydrogens (tertiary/aromatic N) is 2. The van der Waals surface area contributed by atoms with Crippen LogP contribution in [0.2, 0.25) is 0 Å². The number of anilines is 1. The lowest BCUT2D eigenvalue weighted by Gasteiger charge is -2.07. The highest BCUT2D eigenvalue weighted by atomic mass is 16.5. The van der Waals surface area contributed by atoms with Gasteiger partial charge in [0.1, 0.15) is 5.75 Å². The van der Waals surface area contributed by atoms with Crippen LogP contribution in [0, 0.1) is 0 Å². The molecule has 0 aliphatic carbocycles. The molecule has 1 amide bonds. The molecule has 5 heteroatoms. The summed E-state index contributed by atoms with van der Waals surface area (Å²) in [6.45, 7) is 3.03. The largest absolute Gasteiger partial charge is 0.494 e. The Morgan fingerprint density at radius 2 is 2.16 bits per heavy atom. The molecule has 1 N–H and O–H groups in total. The van der Waals surface area contributed by atoms with Crippen molar-refractivity contribution in [3.05, 3.63) is 43.0 Å². The van der Waals surface area contributed by atoms with Crippen molar-refractivity contribution in [2.75, 3.05) is 11.9 Å². The second-order valence-electron chi connectivity index (χ2n) is 4.21. The van der Waals surface area contributed by atoms with Crippen LogP contribution >= 0.6 is 0 Å². The van der Waals surface area contributed by atoms with Crippen molar-refractivity contribution < 1.29 is 9.53 Å². The second kappa shape index (κ2) is 6.58. The van der Waals surface area contributed by atoms with E-state index in [-0.39, 0.29) is 5.91 Å². The second-order valence-corrected chi connectivity index (χ2v) is 4.21. The highest BCUT2D eigenvalue weighted by Crippen LogP contribution is 2.15. The lowest BCUT2D eigenvalue weighted by Crippen LogP contribution is -2.06. The summed E-state index contributed by atoms with van der Waals surface area (Å²) in [5.74, 6) is 0.730. The van der Waals surface area contributed by atoms with E-state index in [4.69, 9.17) is 4.74 Å². The van der Waals surface area contributed by atoms with Gasteiger partial charge in [0.2, 0.25) is 5.91 Å². The monoisotopic (exact) mass is 259 g/mol. The van der Waals surface area contributed by atoms with Gasteiger partial charge in [0.25, 0.3) is 0 Å². The van der Waals surface area contributed by atoms with E-state index in [1.54, 1.807) is 12.5 Å². The number of rotatable bonds is 6. The van der Waals surface area contributed by atoms with Crippen molar-refractivity contribution in [3.8, 4) is 5.75 Å². The van der Waals surface area contributed by atoms with Crippen LogP contribution in [-0.4, -0.2) is 22.1 Å². The lowest BCUT2D eigenvalue weighted by atomic mass is 10.3. The number of hydrogen-bond donors (Lipinski definition) is 1. The number of aromatic nitrogens is 2. The molecule has 5 nitrogen and oxygen atoms in total. The highest BCUT2D eigenvalue weighted by Gasteiger charge is 1.97. The summed E-state index contributed by atoms with van der Waals surface area (Å²) in [6.07, 6.45) is 6.41. The fourth-order valence-electron chi connectivity index (χ4n) is 1.69. The molecule has 2 rings (SSSR count). The van der Waals surface area contributed by atoms with E-state index in [2.05, 4.69) is 10.3 Å². The standard InChI is InChI=1S/C14H17N3O2/c1-12(18)16-13-3-5-14(6-4-13)19-10-2-8-17-9-7-15-11-17/h3-7,9,11H,2,8,10H2,1H3,(H,16,18). The Morgan fingerprint density at radius 3 is 2.79 bits per heavy atom. The van der Waals surface area contributed by atoms with Crippen molar-refractivity contribution in [3.63, 3.8) is 0 Å². The van der Waals surface area contributed by atoms with Crippen molar-refractivity contribution in [2.45, 2.75) is 19.9 Å². The van der Waals surface area contributed by atoms with E-state index in [9.17, 15) is 4.79 Å². The summed E-state index contributed by atoms with van der Waals surface area (Å²) in [6, 6.07) is 7.35. The molecule has 0 spiro atoms. The average Bonchev–Trinajstić information content (AvgIpc) is 2.89. The van der Waals surface area contributed by atoms with E-state index < -0.39 is 0 Å². The van der Waals surface area contributed by atoms with Gasteiger partial charge >= 0.3 is 0 Å². The van der Waals surface area contributed by atoms with E-state index in [1.807, 2.05) is 35.0 Å². The van der Waals surface area contributed by atoms with Crippen molar-refractivity contribution in [1.29, 1.82) is 0 Å². The molecule has 0 bridgehead atoms. The molecule has 0 aliphatic heterocycles. The Morgan fingerprint density at radius 1 is 1.37 bits per heavy atom. The first-order valence-electron chi connectivity index (χ1n) is 6.20. The van der Waals surface area contributed by atoms with Crippen LogP contribution in [0.25, 0.3) is 0 Å². The van der Waals surface area contributed by atoms with Gasteiger partial charge in [-0.05, 0) is 30.7 Å². The smallest absolute Gasteiger partial charge is 0.221 e.